The normalized spacial score (nSPS) is 20.9. The van der Waals surface area contributed by atoms with Crippen molar-refractivity contribution in [3.63, 3.8) is 0 Å². The van der Waals surface area contributed by atoms with Crippen LogP contribution in [0.15, 0.2) is 54.6 Å². The van der Waals surface area contributed by atoms with Gasteiger partial charge in [0.25, 0.3) is 0 Å². The van der Waals surface area contributed by atoms with Gasteiger partial charge in [-0.15, -0.1) is 0 Å². The molecule has 2 N–H and O–H groups in total. The number of carbonyl (C=O) groups is 1. The number of anilines is 1. The predicted octanol–water partition coefficient (Wildman–Crippen LogP) is 3.29. The highest BCUT2D eigenvalue weighted by Crippen LogP contribution is 2.34. The van der Waals surface area contributed by atoms with Crippen molar-refractivity contribution in [2.75, 3.05) is 11.9 Å². The van der Waals surface area contributed by atoms with Gasteiger partial charge in [0.15, 0.2) is 0 Å². The second-order valence-electron chi connectivity index (χ2n) is 5.80. The molecule has 0 aromatic heterocycles. The molecule has 0 spiro atoms. The van der Waals surface area contributed by atoms with Crippen molar-refractivity contribution >= 4 is 11.6 Å². The molecule has 2 atom stereocenters. The minimum atomic E-state index is -0.205. The first kappa shape index (κ1) is 15.7. The number of amides is 1. The molecule has 4 heteroatoms. The van der Waals surface area contributed by atoms with Crippen LogP contribution >= 0.6 is 0 Å². The van der Waals surface area contributed by atoms with Crippen molar-refractivity contribution in [2.24, 2.45) is 5.92 Å². The first-order chi connectivity index (χ1) is 11.3. The average Bonchev–Trinajstić information content (AvgIpc) is 2.62. The first-order valence-electron chi connectivity index (χ1n) is 7.95. The summed E-state index contributed by atoms with van der Waals surface area (Å²) < 4.78 is 5.88. The van der Waals surface area contributed by atoms with Gasteiger partial charge in [0.2, 0.25) is 5.91 Å². The van der Waals surface area contributed by atoms with Gasteiger partial charge in [0, 0.05) is 12.3 Å². The number of nitrogens with one attached hydrogen (secondary N) is 1. The number of hydrogen-bond acceptors (Lipinski definition) is 3. The highest BCUT2D eigenvalue weighted by molar-refractivity contribution is 5.93. The average molecular weight is 311 g/mol. The van der Waals surface area contributed by atoms with Gasteiger partial charge in [0.1, 0.15) is 0 Å². The summed E-state index contributed by atoms with van der Waals surface area (Å²) in [6.07, 6.45) is 1.49. The van der Waals surface area contributed by atoms with Crippen molar-refractivity contribution in [1.82, 2.24) is 0 Å². The summed E-state index contributed by atoms with van der Waals surface area (Å²) in [5.74, 6) is -0.238. The molecule has 1 fully saturated rings. The van der Waals surface area contributed by atoms with Crippen LogP contribution in [-0.2, 0) is 16.1 Å². The van der Waals surface area contributed by atoms with Crippen molar-refractivity contribution in [2.45, 2.75) is 25.6 Å². The molecule has 1 aliphatic rings. The zero-order valence-electron chi connectivity index (χ0n) is 12.9. The Morgan fingerprint density at radius 3 is 2.78 bits per heavy atom. The predicted molar refractivity (Wildman–Crippen MR) is 88.9 cm³/mol. The van der Waals surface area contributed by atoms with E-state index in [1.165, 1.54) is 0 Å². The fourth-order valence-corrected chi connectivity index (χ4v) is 3.00. The van der Waals surface area contributed by atoms with Gasteiger partial charge in [-0.25, -0.2) is 0 Å². The highest BCUT2D eigenvalue weighted by Gasteiger charge is 2.33. The summed E-state index contributed by atoms with van der Waals surface area (Å²) in [6.45, 7) is 0.645. The summed E-state index contributed by atoms with van der Waals surface area (Å²) in [6, 6.07) is 17.2. The van der Waals surface area contributed by atoms with E-state index < -0.39 is 0 Å². The maximum atomic E-state index is 12.7. The summed E-state index contributed by atoms with van der Waals surface area (Å²) in [7, 11) is 0. The van der Waals surface area contributed by atoms with E-state index in [4.69, 9.17) is 4.74 Å². The molecule has 2 aromatic rings. The molecule has 1 saturated heterocycles. The topological polar surface area (TPSA) is 58.6 Å². The van der Waals surface area contributed by atoms with Crippen molar-refractivity contribution in [3.8, 4) is 0 Å². The van der Waals surface area contributed by atoms with Gasteiger partial charge in [-0.1, -0.05) is 42.5 Å². The minimum absolute atomic E-state index is 0.0337. The Morgan fingerprint density at radius 1 is 1.17 bits per heavy atom. The van der Waals surface area contributed by atoms with Gasteiger partial charge in [-0.05, 0) is 36.1 Å². The molecule has 2 aromatic carbocycles. The number of hydrogen-bond donors (Lipinski definition) is 2. The van der Waals surface area contributed by atoms with E-state index >= 15 is 0 Å². The van der Waals surface area contributed by atoms with Crippen LogP contribution in [0.5, 0.6) is 0 Å². The van der Waals surface area contributed by atoms with Crippen LogP contribution in [0, 0.1) is 5.92 Å². The molecule has 120 valence electrons. The van der Waals surface area contributed by atoms with Crippen LogP contribution < -0.4 is 5.32 Å². The molecule has 0 radical (unpaired) electrons. The van der Waals surface area contributed by atoms with E-state index in [-0.39, 0.29) is 24.5 Å². The first-order valence-corrected chi connectivity index (χ1v) is 7.95. The van der Waals surface area contributed by atoms with E-state index in [0.717, 1.165) is 24.0 Å². The second-order valence-corrected chi connectivity index (χ2v) is 5.80. The van der Waals surface area contributed by atoms with Gasteiger partial charge >= 0.3 is 0 Å². The van der Waals surface area contributed by atoms with Gasteiger partial charge in [0.05, 0.1) is 18.6 Å². The van der Waals surface area contributed by atoms with Crippen LogP contribution in [0.1, 0.15) is 30.1 Å². The monoisotopic (exact) mass is 311 g/mol. The quantitative estimate of drug-likeness (QED) is 0.911. The lowest BCUT2D eigenvalue weighted by atomic mass is 9.88. The Kier molecular flexibility index (Phi) is 5.05. The SMILES string of the molecule is O=C(Nc1cccc(CO)c1)C1CCCOC1c1ccccc1. The molecular weight excluding hydrogens is 290 g/mol. The van der Waals surface area contributed by atoms with Gasteiger partial charge in [-0.3, -0.25) is 4.79 Å². The summed E-state index contributed by atoms with van der Waals surface area (Å²) in [5, 5.41) is 12.2. The van der Waals surface area contributed by atoms with Crippen LogP contribution in [0.2, 0.25) is 0 Å². The molecule has 1 aliphatic heterocycles. The molecule has 2 unspecified atom stereocenters. The van der Waals surface area contributed by atoms with Gasteiger partial charge in [-0.2, -0.15) is 0 Å². The smallest absolute Gasteiger partial charge is 0.230 e. The van der Waals surface area contributed by atoms with Crippen LogP contribution in [0.3, 0.4) is 0 Å². The maximum absolute atomic E-state index is 12.7. The van der Waals surface area contributed by atoms with Crippen LogP contribution in [0.25, 0.3) is 0 Å². The van der Waals surface area contributed by atoms with E-state index in [1.54, 1.807) is 6.07 Å². The zero-order valence-corrected chi connectivity index (χ0v) is 12.9. The van der Waals surface area contributed by atoms with E-state index in [9.17, 15) is 9.90 Å². The maximum Gasteiger partial charge on any atom is 0.230 e. The Morgan fingerprint density at radius 2 is 2.00 bits per heavy atom. The van der Waals surface area contributed by atoms with Crippen LogP contribution in [0.4, 0.5) is 5.69 Å². The third kappa shape index (κ3) is 3.78. The lowest BCUT2D eigenvalue weighted by Crippen LogP contribution is -2.33. The van der Waals surface area contributed by atoms with E-state index in [0.29, 0.717) is 12.3 Å². The van der Waals surface area contributed by atoms with Gasteiger partial charge < -0.3 is 15.2 Å². The number of aliphatic hydroxyl groups excluding tert-OH is 1. The lowest BCUT2D eigenvalue weighted by Gasteiger charge is -2.31. The van der Waals surface area contributed by atoms with E-state index in [1.807, 2.05) is 48.5 Å². The molecule has 1 amide bonds. The molecular formula is C19H21NO3. The zero-order chi connectivity index (χ0) is 16.1. The third-order valence-corrected chi connectivity index (χ3v) is 4.16. The Bertz CT molecular complexity index is 657. The Balaban J connectivity index is 1.76. The fourth-order valence-electron chi connectivity index (χ4n) is 3.00. The summed E-state index contributed by atoms with van der Waals surface area (Å²) in [4.78, 5) is 12.7. The number of benzene rings is 2. The molecule has 0 saturated carbocycles. The second kappa shape index (κ2) is 7.40. The summed E-state index contributed by atoms with van der Waals surface area (Å²) in [5.41, 5.74) is 2.53. The molecule has 0 aliphatic carbocycles. The molecule has 0 bridgehead atoms. The molecule has 23 heavy (non-hydrogen) atoms. The highest BCUT2D eigenvalue weighted by atomic mass is 16.5. The van der Waals surface area contributed by atoms with E-state index in [2.05, 4.69) is 5.32 Å². The minimum Gasteiger partial charge on any atom is -0.392 e. The third-order valence-electron chi connectivity index (χ3n) is 4.16. The largest absolute Gasteiger partial charge is 0.392 e. The Hall–Kier alpha value is -2.17. The molecule has 1 heterocycles. The molecule has 4 nitrogen and oxygen atoms in total. The number of carbonyl (C=O) groups excluding carboxylic acids is 1. The standard InChI is InChI=1S/C19H21NO3/c21-13-14-6-4-9-16(12-14)20-19(22)17-10-5-11-23-18(17)15-7-2-1-3-8-15/h1-4,6-9,12,17-18,21H,5,10-11,13H2,(H,20,22). The lowest BCUT2D eigenvalue weighted by molar-refractivity contribution is -0.129. The Labute approximate surface area is 136 Å². The fraction of sp³-hybridized carbons (Fsp3) is 0.316. The van der Waals surface area contributed by atoms with Crippen molar-refractivity contribution in [3.05, 3.63) is 65.7 Å². The number of ether oxygens (including phenoxy) is 1. The number of aliphatic hydroxyl groups is 1. The van der Waals surface area contributed by atoms with Crippen molar-refractivity contribution in [1.29, 1.82) is 0 Å². The van der Waals surface area contributed by atoms with Crippen LogP contribution in [-0.4, -0.2) is 17.6 Å². The number of rotatable bonds is 4. The molecule has 3 rings (SSSR count). The van der Waals surface area contributed by atoms with Crippen molar-refractivity contribution < 1.29 is 14.6 Å². The summed E-state index contributed by atoms with van der Waals surface area (Å²) >= 11 is 0.